The van der Waals surface area contributed by atoms with Crippen molar-refractivity contribution >= 4 is 0 Å². The van der Waals surface area contributed by atoms with E-state index in [1.54, 1.807) is 0 Å². The van der Waals surface area contributed by atoms with Gasteiger partial charge in [0.2, 0.25) is 0 Å². The van der Waals surface area contributed by atoms with E-state index < -0.39 is 0 Å². The van der Waals surface area contributed by atoms with E-state index in [1.807, 2.05) is 0 Å². The number of hydrogen-bond donors (Lipinski definition) is 0. The molecule has 0 spiro atoms. The highest BCUT2D eigenvalue weighted by atomic mass is 15.1. The molecule has 1 unspecified atom stereocenters. The number of unbranched alkanes of at least 4 members (excludes halogenated alkanes) is 9. The number of nitrogens with zero attached hydrogens (tertiary/aromatic N) is 1. The zero-order valence-corrected chi connectivity index (χ0v) is 13.5. The van der Waals surface area contributed by atoms with Crippen LogP contribution in [0.3, 0.4) is 0 Å². The highest BCUT2D eigenvalue weighted by Gasteiger charge is 2.07. The molecular weight excluding hydrogens is 218 g/mol. The summed E-state index contributed by atoms with van der Waals surface area (Å²) in [6, 6.07) is 0.805. The van der Waals surface area contributed by atoms with Gasteiger partial charge in [-0.15, -0.1) is 0 Å². The van der Waals surface area contributed by atoms with Crippen molar-refractivity contribution in [2.75, 3.05) is 14.1 Å². The summed E-state index contributed by atoms with van der Waals surface area (Å²) in [5, 5.41) is 0. The van der Waals surface area contributed by atoms with Crippen molar-refractivity contribution in [3.05, 3.63) is 0 Å². The average Bonchev–Trinajstić information content (AvgIpc) is 2.35. The minimum atomic E-state index is 0.805. The van der Waals surface area contributed by atoms with Gasteiger partial charge in [-0.1, -0.05) is 78.1 Å². The molecule has 1 heteroatoms. The van der Waals surface area contributed by atoms with Crippen molar-refractivity contribution in [3.63, 3.8) is 0 Å². The number of hydrogen-bond acceptors (Lipinski definition) is 1. The Balaban J connectivity index is 3.15. The highest BCUT2D eigenvalue weighted by Crippen LogP contribution is 2.14. The van der Waals surface area contributed by atoms with Crippen LogP contribution < -0.4 is 0 Å². The summed E-state index contributed by atoms with van der Waals surface area (Å²) >= 11 is 0. The molecule has 0 saturated heterocycles. The van der Waals surface area contributed by atoms with Crippen LogP contribution in [0.5, 0.6) is 0 Å². The Morgan fingerprint density at radius 3 is 1.50 bits per heavy atom. The predicted octanol–water partition coefficient (Wildman–Crippen LogP) is 5.64. The molecule has 110 valence electrons. The molecule has 0 aromatic heterocycles. The minimum Gasteiger partial charge on any atom is -0.306 e. The maximum absolute atomic E-state index is 2.38. The van der Waals surface area contributed by atoms with Gasteiger partial charge in [0.25, 0.3) is 0 Å². The molecule has 0 aliphatic carbocycles. The third-order valence-corrected chi connectivity index (χ3v) is 4.09. The molecule has 1 atom stereocenters. The summed E-state index contributed by atoms with van der Waals surface area (Å²) in [5.41, 5.74) is 0. The van der Waals surface area contributed by atoms with Gasteiger partial charge in [-0.3, -0.25) is 0 Å². The van der Waals surface area contributed by atoms with Crippen LogP contribution in [0.2, 0.25) is 0 Å². The molecule has 0 radical (unpaired) electrons. The van der Waals surface area contributed by atoms with E-state index in [1.165, 1.54) is 77.0 Å². The second-order valence-corrected chi connectivity index (χ2v) is 6.00. The smallest absolute Gasteiger partial charge is 0.00865 e. The second-order valence-electron chi connectivity index (χ2n) is 6.00. The molecule has 0 aliphatic rings. The fourth-order valence-electron chi connectivity index (χ4n) is 2.69. The summed E-state index contributed by atoms with van der Waals surface area (Å²) in [6.07, 6.45) is 17.1. The molecule has 0 aromatic rings. The van der Waals surface area contributed by atoms with Gasteiger partial charge in [0.1, 0.15) is 0 Å². The Kier molecular flexibility index (Phi) is 13.4. The van der Waals surface area contributed by atoms with Crippen molar-refractivity contribution in [2.24, 2.45) is 0 Å². The average molecular weight is 255 g/mol. The van der Waals surface area contributed by atoms with E-state index in [0.29, 0.717) is 0 Å². The Morgan fingerprint density at radius 1 is 0.667 bits per heavy atom. The zero-order chi connectivity index (χ0) is 13.6. The second kappa shape index (κ2) is 13.4. The van der Waals surface area contributed by atoms with Gasteiger partial charge in [-0.05, 0) is 26.9 Å². The first-order valence-corrected chi connectivity index (χ1v) is 8.38. The van der Waals surface area contributed by atoms with Crippen molar-refractivity contribution in [3.8, 4) is 0 Å². The molecule has 0 heterocycles. The first kappa shape index (κ1) is 18.0. The van der Waals surface area contributed by atoms with Gasteiger partial charge in [0.15, 0.2) is 0 Å². The fraction of sp³-hybridized carbons (Fsp3) is 1.00. The van der Waals surface area contributed by atoms with Crippen LogP contribution in [0.15, 0.2) is 0 Å². The highest BCUT2D eigenvalue weighted by molar-refractivity contribution is 4.63. The van der Waals surface area contributed by atoms with Gasteiger partial charge >= 0.3 is 0 Å². The van der Waals surface area contributed by atoms with Crippen LogP contribution in [0.25, 0.3) is 0 Å². The SMILES string of the molecule is CCCCCCCCCCCCC(CC)N(C)C. The molecular formula is C17H37N. The Labute approximate surface area is 116 Å². The maximum atomic E-state index is 2.38. The third-order valence-electron chi connectivity index (χ3n) is 4.09. The van der Waals surface area contributed by atoms with E-state index in [2.05, 4.69) is 32.8 Å². The van der Waals surface area contributed by atoms with E-state index >= 15 is 0 Å². The summed E-state index contributed by atoms with van der Waals surface area (Å²) < 4.78 is 0. The summed E-state index contributed by atoms with van der Waals surface area (Å²) in [6.45, 7) is 4.60. The molecule has 0 saturated carbocycles. The molecule has 0 aliphatic heterocycles. The van der Waals surface area contributed by atoms with Crippen molar-refractivity contribution in [2.45, 2.75) is 96.9 Å². The summed E-state index contributed by atoms with van der Waals surface area (Å²) in [7, 11) is 4.43. The van der Waals surface area contributed by atoms with Crippen molar-refractivity contribution in [1.29, 1.82) is 0 Å². The van der Waals surface area contributed by atoms with Crippen molar-refractivity contribution < 1.29 is 0 Å². The molecule has 0 N–H and O–H groups in total. The number of rotatable bonds is 13. The Hall–Kier alpha value is -0.0400. The van der Waals surface area contributed by atoms with Crippen LogP contribution in [-0.2, 0) is 0 Å². The first-order chi connectivity index (χ1) is 8.72. The predicted molar refractivity (Wildman–Crippen MR) is 84.2 cm³/mol. The van der Waals surface area contributed by atoms with Crippen LogP contribution in [-0.4, -0.2) is 25.0 Å². The normalized spacial score (nSPS) is 13.2. The molecule has 1 nitrogen and oxygen atoms in total. The third kappa shape index (κ3) is 11.1. The zero-order valence-electron chi connectivity index (χ0n) is 13.5. The van der Waals surface area contributed by atoms with Gasteiger partial charge < -0.3 is 4.90 Å². The van der Waals surface area contributed by atoms with E-state index in [0.717, 1.165) is 6.04 Å². The van der Waals surface area contributed by atoms with Gasteiger partial charge in [0.05, 0.1) is 0 Å². The quantitative estimate of drug-likeness (QED) is 0.385. The van der Waals surface area contributed by atoms with E-state index in [-0.39, 0.29) is 0 Å². The van der Waals surface area contributed by atoms with Crippen LogP contribution >= 0.6 is 0 Å². The lowest BCUT2D eigenvalue weighted by atomic mass is 10.0. The van der Waals surface area contributed by atoms with Crippen LogP contribution in [0, 0.1) is 0 Å². The molecule has 18 heavy (non-hydrogen) atoms. The summed E-state index contributed by atoms with van der Waals surface area (Å²) in [4.78, 5) is 2.38. The van der Waals surface area contributed by atoms with Gasteiger partial charge in [-0.2, -0.15) is 0 Å². The Bertz CT molecular complexity index is 154. The topological polar surface area (TPSA) is 3.24 Å². The molecule has 0 aromatic carbocycles. The standard InChI is InChI=1S/C17H37N/c1-5-7-8-9-10-11-12-13-14-15-16-17(6-2)18(3)4/h17H,5-16H2,1-4H3. The molecule has 0 fully saturated rings. The maximum Gasteiger partial charge on any atom is 0.00865 e. The lowest BCUT2D eigenvalue weighted by Crippen LogP contribution is -2.26. The van der Waals surface area contributed by atoms with Crippen molar-refractivity contribution in [1.82, 2.24) is 4.90 Å². The fourth-order valence-corrected chi connectivity index (χ4v) is 2.69. The monoisotopic (exact) mass is 255 g/mol. The lowest BCUT2D eigenvalue weighted by Gasteiger charge is -2.22. The Morgan fingerprint density at radius 2 is 1.11 bits per heavy atom. The molecule has 0 amide bonds. The molecule has 0 bridgehead atoms. The van der Waals surface area contributed by atoms with E-state index in [4.69, 9.17) is 0 Å². The van der Waals surface area contributed by atoms with Gasteiger partial charge in [0, 0.05) is 6.04 Å². The molecule has 0 rings (SSSR count). The van der Waals surface area contributed by atoms with Crippen LogP contribution in [0.4, 0.5) is 0 Å². The largest absolute Gasteiger partial charge is 0.306 e. The minimum absolute atomic E-state index is 0.805. The van der Waals surface area contributed by atoms with Gasteiger partial charge in [-0.25, -0.2) is 0 Å². The van der Waals surface area contributed by atoms with E-state index in [9.17, 15) is 0 Å². The van der Waals surface area contributed by atoms with Crippen LogP contribution in [0.1, 0.15) is 90.9 Å². The lowest BCUT2D eigenvalue weighted by molar-refractivity contribution is 0.264. The first-order valence-electron chi connectivity index (χ1n) is 8.38. The summed E-state index contributed by atoms with van der Waals surface area (Å²) in [5.74, 6) is 0.